The predicted octanol–water partition coefficient (Wildman–Crippen LogP) is 3.05. The van der Waals surface area contributed by atoms with E-state index in [2.05, 4.69) is 15.5 Å². The molecule has 3 aromatic rings. The Hall–Kier alpha value is -2.47. The highest BCUT2D eigenvalue weighted by molar-refractivity contribution is 7.08. The van der Waals surface area contributed by atoms with E-state index in [-0.39, 0.29) is 5.91 Å². The Balaban J connectivity index is 1.77. The molecule has 1 N–H and O–H groups in total. The number of rotatable bonds is 3. The van der Waals surface area contributed by atoms with Gasteiger partial charge in [0.15, 0.2) is 0 Å². The number of anilines is 1. The molecule has 0 bridgehead atoms. The molecule has 0 aliphatic heterocycles. The van der Waals surface area contributed by atoms with E-state index in [0.717, 1.165) is 0 Å². The third kappa shape index (κ3) is 2.53. The van der Waals surface area contributed by atoms with Gasteiger partial charge in [0.05, 0.1) is 11.3 Å². The van der Waals surface area contributed by atoms with E-state index in [1.807, 2.05) is 23.6 Å². The topological polar surface area (TPSA) is 68.0 Å². The Labute approximate surface area is 112 Å². The van der Waals surface area contributed by atoms with Gasteiger partial charge in [-0.2, -0.15) is 11.3 Å². The molecule has 3 aromatic heterocycles. The quantitative estimate of drug-likeness (QED) is 0.795. The van der Waals surface area contributed by atoms with Gasteiger partial charge in [0.2, 0.25) is 5.88 Å². The molecule has 6 heteroatoms. The molecule has 3 rings (SSSR count). The standard InChI is InChI=1S/C13H9N3O2S/c17-13(9-4-6-19-8-9)15-12-7-11(16-18-12)10-3-1-2-5-14-10/h1-8H,(H,15,17). The van der Waals surface area contributed by atoms with Crippen LogP contribution in [0.25, 0.3) is 11.4 Å². The van der Waals surface area contributed by atoms with Crippen LogP contribution in [0, 0.1) is 0 Å². The monoisotopic (exact) mass is 271 g/mol. The van der Waals surface area contributed by atoms with E-state index >= 15 is 0 Å². The zero-order valence-corrected chi connectivity index (χ0v) is 10.6. The first-order valence-electron chi connectivity index (χ1n) is 5.54. The molecule has 0 unspecified atom stereocenters. The minimum absolute atomic E-state index is 0.218. The van der Waals surface area contributed by atoms with Crippen molar-refractivity contribution in [3.63, 3.8) is 0 Å². The highest BCUT2D eigenvalue weighted by Gasteiger charge is 2.11. The Kier molecular flexibility index (Phi) is 3.07. The van der Waals surface area contributed by atoms with Crippen molar-refractivity contribution >= 4 is 23.1 Å². The lowest BCUT2D eigenvalue weighted by Crippen LogP contribution is -2.09. The van der Waals surface area contributed by atoms with Crippen LogP contribution < -0.4 is 5.32 Å². The lowest BCUT2D eigenvalue weighted by Gasteiger charge is -1.96. The summed E-state index contributed by atoms with van der Waals surface area (Å²) in [7, 11) is 0. The van der Waals surface area contributed by atoms with Gasteiger partial charge in [0, 0.05) is 17.6 Å². The minimum Gasteiger partial charge on any atom is -0.338 e. The lowest BCUT2D eigenvalue weighted by atomic mass is 10.3. The van der Waals surface area contributed by atoms with Gasteiger partial charge in [-0.15, -0.1) is 0 Å². The summed E-state index contributed by atoms with van der Waals surface area (Å²) in [4.78, 5) is 16.0. The van der Waals surface area contributed by atoms with E-state index in [1.54, 1.807) is 23.7 Å². The summed E-state index contributed by atoms with van der Waals surface area (Å²) in [5.41, 5.74) is 1.88. The van der Waals surface area contributed by atoms with Crippen LogP contribution >= 0.6 is 11.3 Å². The van der Waals surface area contributed by atoms with Crippen molar-refractivity contribution in [1.29, 1.82) is 0 Å². The molecule has 0 saturated carbocycles. The predicted molar refractivity (Wildman–Crippen MR) is 72.0 cm³/mol. The third-order valence-corrected chi connectivity index (χ3v) is 3.14. The molecule has 94 valence electrons. The SMILES string of the molecule is O=C(Nc1cc(-c2ccccn2)no1)c1ccsc1. The number of hydrogen-bond acceptors (Lipinski definition) is 5. The fourth-order valence-corrected chi connectivity index (χ4v) is 2.18. The summed E-state index contributed by atoms with van der Waals surface area (Å²) in [6, 6.07) is 8.90. The Morgan fingerprint density at radius 3 is 2.95 bits per heavy atom. The second kappa shape index (κ2) is 5.03. The largest absolute Gasteiger partial charge is 0.338 e. The van der Waals surface area contributed by atoms with Crippen molar-refractivity contribution < 1.29 is 9.32 Å². The minimum atomic E-state index is -0.218. The van der Waals surface area contributed by atoms with E-state index in [1.165, 1.54) is 11.3 Å². The van der Waals surface area contributed by atoms with Crippen LogP contribution in [0.4, 0.5) is 5.88 Å². The van der Waals surface area contributed by atoms with Crippen LogP contribution in [-0.4, -0.2) is 16.0 Å². The average Bonchev–Trinajstić information content (AvgIpc) is 3.11. The number of nitrogens with zero attached hydrogens (tertiary/aromatic N) is 2. The van der Waals surface area contributed by atoms with Crippen LogP contribution in [0.1, 0.15) is 10.4 Å². The summed E-state index contributed by atoms with van der Waals surface area (Å²) in [5, 5.41) is 10.1. The van der Waals surface area contributed by atoms with Gasteiger partial charge in [0.25, 0.3) is 5.91 Å². The van der Waals surface area contributed by atoms with Crippen molar-refractivity contribution in [2.75, 3.05) is 5.32 Å². The van der Waals surface area contributed by atoms with Crippen LogP contribution in [0.2, 0.25) is 0 Å². The number of thiophene rings is 1. The smallest absolute Gasteiger partial charge is 0.258 e. The molecule has 0 aliphatic rings. The second-order valence-corrected chi connectivity index (χ2v) is 4.54. The van der Waals surface area contributed by atoms with Crippen LogP contribution in [0.5, 0.6) is 0 Å². The van der Waals surface area contributed by atoms with Crippen molar-refractivity contribution in [3.05, 3.63) is 52.9 Å². The van der Waals surface area contributed by atoms with Crippen LogP contribution in [0.15, 0.2) is 51.8 Å². The van der Waals surface area contributed by atoms with Crippen LogP contribution in [-0.2, 0) is 0 Å². The maximum atomic E-state index is 11.8. The first-order chi connectivity index (χ1) is 9.33. The van der Waals surface area contributed by atoms with Crippen molar-refractivity contribution in [1.82, 2.24) is 10.1 Å². The number of carbonyl (C=O) groups excluding carboxylic acids is 1. The molecule has 0 atom stereocenters. The lowest BCUT2D eigenvalue weighted by molar-refractivity contribution is 0.102. The molecule has 1 amide bonds. The summed E-state index contributed by atoms with van der Waals surface area (Å²) < 4.78 is 5.07. The summed E-state index contributed by atoms with van der Waals surface area (Å²) >= 11 is 1.46. The molecule has 19 heavy (non-hydrogen) atoms. The second-order valence-electron chi connectivity index (χ2n) is 3.76. The van der Waals surface area contributed by atoms with E-state index in [9.17, 15) is 4.79 Å². The number of pyridine rings is 1. The van der Waals surface area contributed by atoms with E-state index in [4.69, 9.17) is 4.52 Å². The van der Waals surface area contributed by atoms with Gasteiger partial charge in [-0.05, 0) is 23.6 Å². The van der Waals surface area contributed by atoms with Gasteiger partial charge in [-0.25, -0.2) is 0 Å². The van der Waals surface area contributed by atoms with Crippen molar-refractivity contribution in [2.45, 2.75) is 0 Å². The van der Waals surface area contributed by atoms with Gasteiger partial charge in [0.1, 0.15) is 5.69 Å². The van der Waals surface area contributed by atoms with Gasteiger partial charge in [-0.1, -0.05) is 11.2 Å². The molecule has 0 aromatic carbocycles. The van der Waals surface area contributed by atoms with Gasteiger partial charge in [-0.3, -0.25) is 15.1 Å². The summed E-state index contributed by atoms with van der Waals surface area (Å²) in [5.74, 6) is 0.0850. The van der Waals surface area contributed by atoms with Crippen molar-refractivity contribution in [3.8, 4) is 11.4 Å². The fourth-order valence-electron chi connectivity index (χ4n) is 1.55. The molecule has 5 nitrogen and oxygen atoms in total. The number of aromatic nitrogens is 2. The maximum Gasteiger partial charge on any atom is 0.258 e. The van der Waals surface area contributed by atoms with Gasteiger partial charge >= 0.3 is 0 Å². The maximum absolute atomic E-state index is 11.8. The normalized spacial score (nSPS) is 10.3. The Bertz CT molecular complexity index is 677. The molecule has 0 radical (unpaired) electrons. The van der Waals surface area contributed by atoms with Crippen molar-refractivity contribution in [2.24, 2.45) is 0 Å². The van der Waals surface area contributed by atoms with Crippen LogP contribution in [0.3, 0.4) is 0 Å². The Morgan fingerprint density at radius 2 is 2.21 bits per heavy atom. The highest BCUT2D eigenvalue weighted by atomic mass is 32.1. The summed E-state index contributed by atoms with van der Waals surface area (Å²) in [6.45, 7) is 0. The number of amides is 1. The zero-order valence-electron chi connectivity index (χ0n) is 9.74. The third-order valence-electron chi connectivity index (χ3n) is 2.46. The zero-order chi connectivity index (χ0) is 13.1. The summed E-state index contributed by atoms with van der Waals surface area (Å²) in [6.07, 6.45) is 1.67. The first kappa shape index (κ1) is 11.6. The molecule has 0 fully saturated rings. The average molecular weight is 271 g/mol. The molecular weight excluding hydrogens is 262 g/mol. The fraction of sp³-hybridized carbons (Fsp3) is 0. The van der Waals surface area contributed by atoms with E-state index < -0.39 is 0 Å². The molecule has 3 heterocycles. The molecule has 0 saturated heterocycles. The molecular formula is C13H9N3O2S. The molecule has 0 spiro atoms. The van der Waals surface area contributed by atoms with E-state index in [0.29, 0.717) is 22.8 Å². The first-order valence-corrected chi connectivity index (χ1v) is 6.49. The molecule has 0 aliphatic carbocycles. The highest BCUT2D eigenvalue weighted by Crippen LogP contribution is 2.20. The Morgan fingerprint density at radius 1 is 1.26 bits per heavy atom. The number of carbonyl (C=O) groups is 1. The number of nitrogens with one attached hydrogen (secondary N) is 1. The van der Waals surface area contributed by atoms with Gasteiger partial charge < -0.3 is 4.52 Å². The number of hydrogen-bond donors (Lipinski definition) is 1.